The Hall–Kier alpha value is -0.980. The van der Waals surface area contributed by atoms with E-state index in [1.807, 2.05) is 0 Å². The van der Waals surface area contributed by atoms with E-state index in [1.165, 1.54) is 0 Å². The zero-order valence-electron chi connectivity index (χ0n) is 9.39. The van der Waals surface area contributed by atoms with Gasteiger partial charge in [-0.2, -0.15) is 13.2 Å². The van der Waals surface area contributed by atoms with Gasteiger partial charge < -0.3 is 14.8 Å². The summed E-state index contributed by atoms with van der Waals surface area (Å²) in [6, 6.07) is 0. The molecule has 100 valence electrons. The van der Waals surface area contributed by atoms with E-state index in [-0.39, 0.29) is 12.6 Å². The van der Waals surface area contributed by atoms with Crippen molar-refractivity contribution in [3.63, 3.8) is 0 Å². The summed E-state index contributed by atoms with van der Waals surface area (Å²) in [6.45, 7) is -0.580. The van der Waals surface area contributed by atoms with Gasteiger partial charge in [0.15, 0.2) is 6.61 Å². The van der Waals surface area contributed by atoms with Gasteiger partial charge in [-0.3, -0.25) is 0 Å². The Morgan fingerprint density at radius 1 is 1.41 bits per heavy atom. The smallest absolute Gasteiger partial charge is 0.422 e. The maximum Gasteiger partial charge on any atom is 0.422 e. The molecule has 1 unspecified atom stereocenters. The summed E-state index contributed by atoms with van der Waals surface area (Å²) >= 11 is 0. The fraction of sp³-hybridized carbons (Fsp3) is 0.900. The molecule has 1 aliphatic rings. The van der Waals surface area contributed by atoms with Gasteiger partial charge >= 0.3 is 12.3 Å². The van der Waals surface area contributed by atoms with E-state index >= 15 is 0 Å². The van der Waals surface area contributed by atoms with Gasteiger partial charge in [-0.05, 0) is 25.7 Å². The van der Waals surface area contributed by atoms with Crippen LogP contribution in [-0.2, 0) is 9.47 Å². The minimum atomic E-state index is -4.48. The van der Waals surface area contributed by atoms with Crippen molar-refractivity contribution in [2.45, 2.75) is 38.0 Å². The lowest BCUT2D eigenvalue weighted by Gasteiger charge is -2.22. The van der Waals surface area contributed by atoms with E-state index < -0.39 is 18.9 Å². The van der Waals surface area contributed by atoms with Crippen LogP contribution in [0.4, 0.5) is 18.0 Å². The lowest BCUT2D eigenvalue weighted by Crippen LogP contribution is -2.32. The average molecular weight is 255 g/mol. The van der Waals surface area contributed by atoms with Crippen molar-refractivity contribution >= 4 is 6.09 Å². The predicted octanol–water partition coefficient (Wildman–Crippen LogP) is 2.23. The van der Waals surface area contributed by atoms with Crippen LogP contribution in [0.15, 0.2) is 0 Å². The Labute approximate surface area is 97.5 Å². The minimum absolute atomic E-state index is 0.0895. The highest BCUT2D eigenvalue weighted by molar-refractivity contribution is 5.67. The third kappa shape index (κ3) is 7.04. The molecular weight excluding hydrogens is 239 g/mol. The van der Waals surface area contributed by atoms with E-state index in [1.54, 1.807) is 0 Å². The lowest BCUT2D eigenvalue weighted by atomic mass is 10.1. The lowest BCUT2D eigenvalue weighted by molar-refractivity contribution is -0.160. The molecule has 1 amide bonds. The molecule has 0 bridgehead atoms. The average Bonchev–Trinajstić information content (AvgIpc) is 2.27. The topological polar surface area (TPSA) is 47.6 Å². The largest absolute Gasteiger partial charge is 0.440 e. The van der Waals surface area contributed by atoms with E-state index in [4.69, 9.17) is 4.74 Å². The van der Waals surface area contributed by atoms with Crippen LogP contribution in [0.1, 0.15) is 25.7 Å². The molecule has 0 radical (unpaired) electrons. The Kier molecular flexibility index (Phi) is 5.54. The van der Waals surface area contributed by atoms with Crippen LogP contribution in [0.5, 0.6) is 0 Å². The summed E-state index contributed by atoms with van der Waals surface area (Å²) < 4.78 is 44.5. The number of carbonyl (C=O) groups is 1. The zero-order valence-corrected chi connectivity index (χ0v) is 9.39. The Balaban J connectivity index is 2.03. The Bertz CT molecular complexity index is 239. The van der Waals surface area contributed by atoms with Crippen LogP contribution < -0.4 is 5.32 Å². The van der Waals surface area contributed by atoms with Crippen molar-refractivity contribution in [2.75, 3.05) is 19.8 Å². The molecule has 1 aliphatic heterocycles. The highest BCUT2D eigenvalue weighted by Crippen LogP contribution is 2.15. The number of hydrogen-bond acceptors (Lipinski definition) is 3. The van der Waals surface area contributed by atoms with E-state index in [2.05, 4.69) is 10.1 Å². The summed E-state index contributed by atoms with van der Waals surface area (Å²) in [5.41, 5.74) is 0. The van der Waals surface area contributed by atoms with Crippen LogP contribution in [0.25, 0.3) is 0 Å². The quantitative estimate of drug-likeness (QED) is 0.838. The molecule has 1 rings (SSSR count). The van der Waals surface area contributed by atoms with E-state index in [0.717, 1.165) is 19.3 Å². The number of alkyl carbamates (subject to hydrolysis) is 1. The van der Waals surface area contributed by atoms with Gasteiger partial charge in [0.1, 0.15) is 0 Å². The second-order valence-electron chi connectivity index (χ2n) is 3.90. The Morgan fingerprint density at radius 3 is 2.76 bits per heavy atom. The zero-order chi connectivity index (χ0) is 12.7. The number of rotatable bonds is 4. The fourth-order valence-corrected chi connectivity index (χ4v) is 1.57. The van der Waals surface area contributed by atoms with Crippen LogP contribution in [0, 0.1) is 0 Å². The standard InChI is InChI=1S/C10H16F3NO3/c11-10(12,13)7-17-9(15)14-5-4-8-3-1-2-6-16-8/h8H,1-7H2,(H,14,15). The molecular formula is C10H16F3NO3. The van der Waals surface area contributed by atoms with E-state index in [9.17, 15) is 18.0 Å². The molecule has 4 nitrogen and oxygen atoms in total. The number of hydrogen-bond donors (Lipinski definition) is 1. The van der Waals surface area contributed by atoms with Crippen molar-refractivity contribution in [1.82, 2.24) is 5.32 Å². The van der Waals surface area contributed by atoms with Crippen molar-refractivity contribution in [3.05, 3.63) is 0 Å². The van der Waals surface area contributed by atoms with Gasteiger partial charge in [0.25, 0.3) is 0 Å². The first kappa shape index (κ1) is 14.1. The molecule has 0 aromatic heterocycles. The van der Waals surface area contributed by atoms with Gasteiger partial charge in [0.2, 0.25) is 0 Å². The summed E-state index contributed by atoms with van der Waals surface area (Å²) in [7, 11) is 0. The fourth-order valence-electron chi connectivity index (χ4n) is 1.57. The predicted molar refractivity (Wildman–Crippen MR) is 53.6 cm³/mol. The van der Waals surface area contributed by atoms with Crippen LogP contribution >= 0.6 is 0 Å². The first-order valence-corrected chi connectivity index (χ1v) is 5.56. The van der Waals surface area contributed by atoms with Crippen molar-refractivity contribution in [1.29, 1.82) is 0 Å². The molecule has 17 heavy (non-hydrogen) atoms. The van der Waals surface area contributed by atoms with Crippen LogP contribution in [-0.4, -0.2) is 38.1 Å². The number of alkyl halides is 3. The molecule has 0 aromatic carbocycles. The van der Waals surface area contributed by atoms with Gasteiger partial charge in [-0.25, -0.2) is 4.79 Å². The van der Waals surface area contributed by atoms with Gasteiger partial charge in [-0.1, -0.05) is 0 Å². The molecule has 0 aromatic rings. The molecule has 1 fully saturated rings. The molecule has 1 atom stereocenters. The maximum absolute atomic E-state index is 11.7. The summed E-state index contributed by atoms with van der Waals surface area (Å²) in [5.74, 6) is 0. The molecule has 1 N–H and O–H groups in total. The minimum Gasteiger partial charge on any atom is -0.440 e. The van der Waals surface area contributed by atoms with E-state index in [0.29, 0.717) is 13.0 Å². The molecule has 1 saturated heterocycles. The number of carbonyl (C=O) groups excluding carboxylic acids is 1. The monoisotopic (exact) mass is 255 g/mol. The van der Waals surface area contributed by atoms with Gasteiger partial charge in [-0.15, -0.1) is 0 Å². The number of ether oxygens (including phenoxy) is 2. The molecule has 0 saturated carbocycles. The SMILES string of the molecule is O=C(NCCC1CCCCO1)OCC(F)(F)F. The molecule has 1 heterocycles. The summed E-state index contributed by atoms with van der Waals surface area (Å²) in [4.78, 5) is 10.9. The highest BCUT2D eigenvalue weighted by Gasteiger charge is 2.29. The molecule has 7 heteroatoms. The van der Waals surface area contributed by atoms with Crippen LogP contribution in [0.2, 0.25) is 0 Å². The second kappa shape index (κ2) is 6.68. The first-order valence-electron chi connectivity index (χ1n) is 5.56. The molecule has 0 spiro atoms. The molecule has 0 aliphatic carbocycles. The maximum atomic E-state index is 11.7. The third-order valence-electron chi connectivity index (χ3n) is 2.38. The van der Waals surface area contributed by atoms with Gasteiger partial charge in [0, 0.05) is 13.2 Å². The van der Waals surface area contributed by atoms with Crippen LogP contribution in [0.3, 0.4) is 0 Å². The van der Waals surface area contributed by atoms with Crippen molar-refractivity contribution in [3.8, 4) is 0 Å². The normalized spacial score (nSPS) is 21.0. The second-order valence-corrected chi connectivity index (χ2v) is 3.90. The first-order chi connectivity index (χ1) is 7.97. The van der Waals surface area contributed by atoms with Crippen molar-refractivity contribution in [2.24, 2.45) is 0 Å². The highest BCUT2D eigenvalue weighted by atomic mass is 19.4. The summed E-state index contributed by atoms with van der Waals surface area (Å²) in [5, 5.41) is 2.26. The van der Waals surface area contributed by atoms with Crippen molar-refractivity contribution < 1.29 is 27.4 Å². The number of nitrogens with one attached hydrogen (secondary N) is 1. The number of amides is 1. The third-order valence-corrected chi connectivity index (χ3v) is 2.38. The summed E-state index contributed by atoms with van der Waals surface area (Å²) in [6.07, 6.45) is -1.78. The number of halogens is 3. The Morgan fingerprint density at radius 2 is 2.18 bits per heavy atom. The van der Waals surface area contributed by atoms with Gasteiger partial charge in [0.05, 0.1) is 6.10 Å².